The highest BCUT2D eigenvalue weighted by Gasteiger charge is 2.08. The fraction of sp³-hybridized carbons (Fsp3) is 0.417. The molecule has 18 heavy (non-hydrogen) atoms. The molecule has 0 atom stereocenters. The monoisotopic (exact) mass is 268 g/mol. The average Bonchev–Trinajstić information content (AvgIpc) is 2.86. The van der Waals surface area contributed by atoms with Crippen molar-refractivity contribution >= 4 is 29.3 Å². The van der Waals surface area contributed by atoms with Gasteiger partial charge in [0, 0.05) is 25.0 Å². The van der Waals surface area contributed by atoms with Crippen molar-refractivity contribution in [3.8, 4) is 0 Å². The first-order valence-corrected chi connectivity index (χ1v) is 6.54. The molecule has 0 bridgehead atoms. The number of esters is 1. The number of rotatable bonds is 6. The maximum atomic E-state index is 11.7. The normalized spacial score (nSPS) is 10.6. The first-order chi connectivity index (χ1) is 8.63. The highest BCUT2D eigenvalue weighted by Crippen LogP contribution is 2.03. The summed E-state index contributed by atoms with van der Waals surface area (Å²) in [4.78, 5) is 28.3. The van der Waals surface area contributed by atoms with Crippen molar-refractivity contribution in [3.63, 3.8) is 0 Å². The summed E-state index contributed by atoms with van der Waals surface area (Å²) < 4.78 is 4.79. The van der Waals surface area contributed by atoms with E-state index in [1.54, 1.807) is 25.6 Å². The molecule has 0 aromatic carbocycles. The van der Waals surface area contributed by atoms with Gasteiger partial charge in [-0.3, -0.25) is 9.59 Å². The molecule has 0 spiro atoms. The number of aromatic nitrogens is 1. The van der Waals surface area contributed by atoms with Gasteiger partial charge in [0.05, 0.1) is 24.2 Å². The smallest absolute Gasteiger partial charge is 0.307 e. The summed E-state index contributed by atoms with van der Waals surface area (Å²) in [5.74, 6) is -0.451. The van der Waals surface area contributed by atoms with Crippen molar-refractivity contribution in [3.05, 3.63) is 22.7 Å². The van der Waals surface area contributed by atoms with Crippen LogP contribution in [0, 0.1) is 0 Å². The number of likely N-dealkylation sites (N-methyl/N-ethyl adjacent to an activating group) is 1. The van der Waals surface area contributed by atoms with E-state index in [0.717, 1.165) is 5.69 Å². The average molecular weight is 268 g/mol. The highest BCUT2D eigenvalue weighted by atomic mass is 32.1. The molecule has 0 saturated heterocycles. The van der Waals surface area contributed by atoms with E-state index >= 15 is 0 Å². The van der Waals surface area contributed by atoms with Gasteiger partial charge in [-0.15, -0.1) is 11.3 Å². The van der Waals surface area contributed by atoms with E-state index in [1.165, 1.54) is 22.3 Å². The molecule has 1 heterocycles. The Kier molecular flexibility index (Phi) is 6.07. The molecule has 1 amide bonds. The quantitative estimate of drug-likeness (QED) is 0.580. The van der Waals surface area contributed by atoms with Gasteiger partial charge in [0.15, 0.2) is 0 Å². The first kappa shape index (κ1) is 14.4. The maximum Gasteiger partial charge on any atom is 0.307 e. The van der Waals surface area contributed by atoms with E-state index in [1.807, 2.05) is 5.38 Å². The maximum absolute atomic E-state index is 11.7. The molecule has 0 fully saturated rings. The van der Waals surface area contributed by atoms with Crippen LogP contribution in [0.3, 0.4) is 0 Å². The fourth-order valence-electron chi connectivity index (χ4n) is 1.19. The lowest BCUT2D eigenvalue weighted by Crippen LogP contribution is -2.27. The second kappa shape index (κ2) is 7.60. The lowest BCUT2D eigenvalue weighted by atomic mass is 10.3. The predicted octanol–water partition coefficient (Wildman–Crippen LogP) is 1.57. The molecular weight excluding hydrogens is 252 g/mol. The van der Waals surface area contributed by atoms with Crippen LogP contribution in [-0.4, -0.2) is 42.0 Å². The molecule has 0 aliphatic heterocycles. The van der Waals surface area contributed by atoms with Crippen LogP contribution in [0.25, 0.3) is 6.08 Å². The number of thiazole rings is 1. The third-order valence-corrected chi connectivity index (χ3v) is 2.79. The Bertz CT molecular complexity index is 415. The third kappa shape index (κ3) is 5.09. The van der Waals surface area contributed by atoms with Gasteiger partial charge in [0.1, 0.15) is 0 Å². The molecule has 0 radical (unpaired) electrons. The summed E-state index contributed by atoms with van der Waals surface area (Å²) >= 11 is 1.47. The Hall–Kier alpha value is -1.69. The number of nitrogens with zero attached hydrogens (tertiary/aromatic N) is 2. The summed E-state index contributed by atoms with van der Waals surface area (Å²) in [6.07, 6.45) is 3.31. The minimum atomic E-state index is -0.291. The Morgan fingerprint density at radius 3 is 2.94 bits per heavy atom. The molecule has 98 valence electrons. The SMILES string of the molecule is CCOC(=O)CCN(C)C(=O)C=Cc1cscn1. The van der Waals surface area contributed by atoms with Crippen molar-refractivity contribution < 1.29 is 14.3 Å². The van der Waals surface area contributed by atoms with E-state index in [2.05, 4.69) is 4.98 Å². The van der Waals surface area contributed by atoms with Gasteiger partial charge in [-0.25, -0.2) is 4.98 Å². The van der Waals surface area contributed by atoms with Crippen molar-refractivity contribution in [1.29, 1.82) is 0 Å². The number of hydrogen-bond donors (Lipinski definition) is 0. The van der Waals surface area contributed by atoms with E-state index < -0.39 is 0 Å². The van der Waals surface area contributed by atoms with Gasteiger partial charge in [0.2, 0.25) is 5.91 Å². The van der Waals surface area contributed by atoms with Crippen LogP contribution in [0.5, 0.6) is 0 Å². The summed E-state index contributed by atoms with van der Waals surface area (Å²) in [6.45, 7) is 2.46. The number of hydrogen-bond acceptors (Lipinski definition) is 5. The third-order valence-electron chi connectivity index (χ3n) is 2.18. The minimum absolute atomic E-state index is 0.160. The lowest BCUT2D eigenvalue weighted by molar-refractivity contribution is -0.143. The van der Waals surface area contributed by atoms with Crippen molar-refractivity contribution in [2.24, 2.45) is 0 Å². The molecule has 1 aromatic rings. The Labute approximate surface area is 110 Å². The Morgan fingerprint density at radius 2 is 2.33 bits per heavy atom. The number of carbonyl (C=O) groups is 2. The first-order valence-electron chi connectivity index (χ1n) is 5.60. The summed E-state index contributed by atoms with van der Waals surface area (Å²) in [5.41, 5.74) is 2.46. The van der Waals surface area contributed by atoms with Crippen LogP contribution < -0.4 is 0 Å². The largest absolute Gasteiger partial charge is 0.466 e. The standard InChI is InChI=1S/C12H16N2O3S/c1-3-17-12(16)6-7-14(2)11(15)5-4-10-8-18-9-13-10/h4-5,8-9H,3,6-7H2,1-2H3. The van der Waals surface area contributed by atoms with Crippen LogP contribution in [0.4, 0.5) is 0 Å². The molecule has 1 aromatic heterocycles. The summed E-state index contributed by atoms with van der Waals surface area (Å²) in [5, 5.41) is 1.85. The van der Waals surface area contributed by atoms with E-state index in [9.17, 15) is 9.59 Å². The van der Waals surface area contributed by atoms with Crippen molar-refractivity contribution in [2.45, 2.75) is 13.3 Å². The zero-order valence-electron chi connectivity index (χ0n) is 10.5. The van der Waals surface area contributed by atoms with Gasteiger partial charge in [-0.2, -0.15) is 0 Å². The van der Waals surface area contributed by atoms with Crippen LogP contribution in [-0.2, 0) is 14.3 Å². The van der Waals surface area contributed by atoms with Gasteiger partial charge in [0.25, 0.3) is 0 Å². The molecule has 0 aliphatic carbocycles. The van der Waals surface area contributed by atoms with Crippen LogP contribution >= 0.6 is 11.3 Å². The number of amides is 1. The molecule has 5 nitrogen and oxygen atoms in total. The molecule has 0 unspecified atom stereocenters. The summed E-state index contributed by atoms with van der Waals surface area (Å²) in [6, 6.07) is 0. The fourth-order valence-corrected chi connectivity index (χ4v) is 1.71. The summed E-state index contributed by atoms with van der Waals surface area (Å²) in [7, 11) is 1.65. The topological polar surface area (TPSA) is 59.5 Å². The molecule has 0 saturated carbocycles. The Balaban J connectivity index is 2.35. The van der Waals surface area contributed by atoms with Gasteiger partial charge < -0.3 is 9.64 Å². The molecule has 6 heteroatoms. The second-order valence-electron chi connectivity index (χ2n) is 3.56. The Morgan fingerprint density at radius 1 is 1.56 bits per heavy atom. The predicted molar refractivity (Wildman–Crippen MR) is 70.0 cm³/mol. The van der Waals surface area contributed by atoms with Crippen LogP contribution in [0.15, 0.2) is 17.0 Å². The second-order valence-corrected chi connectivity index (χ2v) is 4.28. The number of carbonyl (C=O) groups excluding carboxylic acids is 2. The lowest BCUT2D eigenvalue weighted by Gasteiger charge is -2.14. The van der Waals surface area contributed by atoms with Gasteiger partial charge in [-0.05, 0) is 13.0 Å². The molecular formula is C12H16N2O3S. The molecule has 0 aliphatic rings. The van der Waals surface area contributed by atoms with Gasteiger partial charge in [-0.1, -0.05) is 0 Å². The van der Waals surface area contributed by atoms with Crippen LogP contribution in [0.2, 0.25) is 0 Å². The molecule has 1 rings (SSSR count). The molecule has 0 N–H and O–H groups in total. The minimum Gasteiger partial charge on any atom is -0.466 e. The van der Waals surface area contributed by atoms with Crippen LogP contribution in [0.1, 0.15) is 19.0 Å². The van der Waals surface area contributed by atoms with E-state index in [0.29, 0.717) is 13.2 Å². The van der Waals surface area contributed by atoms with E-state index in [4.69, 9.17) is 4.74 Å². The zero-order chi connectivity index (χ0) is 13.4. The van der Waals surface area contributed by atoms with E-state index in [-0.39, 0.29) is 18.3 Å². The van der Waals surface area contributed by atoms with Gasteiger partial charge >= 0.3 is 5.97 Å². The van der Waals surface area contributed by atoms with Crippen molar-refractivity contribution in [2.75, 3.05) is 20.2 Å². The highest BCUT2D eigenvalue weighted by molar-refractivity contribution is 7.07. The zero-order valence-corrected chi connectivity index (χ0v) is 11.3. The van der Waals surface area contributed by atoms with Crippen molar-refractivity contribution in [1.82, 2.24) is 9.88 Å². The number of ether oxygens (including phenoxy) is 1.